The maximum absolute atomic E-state index is 13.4. The number of nitrogens with zero attached hydrogens (tertiary/aromatic N) is 4. The van der Waals surface area contributed by atoms with Crippen molar-refractivity contribution in [3.8, 4) is 0 Å². The van der Waals surface area contributed by atoms with Crippen molar-refractivity contribution < 1.29 is 9.53 Å². The summed E-state index contributed by atoms with van der Waals surface area (Å²) in [5.74, 6) is 0.935. The van der Waals surface area contributed by atoms with Crippen molar-refractivity contribution in [2.45, 2.75) is 83.0 Å². The van der Waals surface area contributed by atoms with E-state index in [1.807, 2.05) is 6.20 Å². The lowest BCUT2D eigenvalue weighted by atomic mass is 9.86. The number of ether oxygens (including phenoxy) is 1. The second-order valence-corrected chi connectivity index (χ2v) is 17.6. The predicted octanol–water partition coefficient (Wildman–Crippen LogP) is 5.68. The number of aromatic nitrogens is 2. The average molecular weight is 534 g/mol. The highest BCUT2D eigenvalue weighted by atomic mass is 79.9. The molecule has 0 N–H and O–H groups in total. The van der Waals surface area contributed by atoms with Crippen LogP contribution in [0.3, 0.4) is 0 Å². The maximum Gasteiger partial charge on any atom is 0.259 e. The van der Waals surface area contributed by atoms with E-state index in [9.17, 15) is 4.79 Å². The topological polar surface area (TPSA) is 50.6 Å². The Morgan fingerprint density at radius 3 is 2.45 bits per heavy atom. The largest absolute Gasteiger partial charge is 0.361 e. The van der Waals surface area contributed by atoms with Crippen molar-refractivity contribution in [2.24, 2.45) is 5.92 Å². The van der Waals surface area contributed by atoms with Crippen LogP contribution in [0, 0.1) is 5.92 Å². The van der Waals surface area contributed by atoms with Gasteiger partial charge in [-0.05, 0) is 56.6 Å². The quantitative estimate of drug-likeness (QED) is 0.249. The van der Waals surface area contributed by atoms with E-state index in [-0.39, 0.29) is 5.91 Å². The van der Waals surface area contributed by atoms with Crippen LogP contribution in [0.5, 0.6) is 0 Å². The highest BCUT2D eigenvalue weighted by Gasteiger charge is 2.42. The van der Waals surface area contributed by atoms with Crippen LogP contribution in [-0.2, 0) is 11.5 Å². The number of fused-ring (bicyclic) bond motifs is 3. The standard InChI is InChI=1S/C25H37BrN4O2Si/c1-33(2,3)13-12-32-17-28-11-10-21-23-22(15-27-24(21)28)25(31)30(20-8-9-20)16-29(23)19-6-4-18(14-26)5-7-19/h10-11,15,18-20H,4-9,12-14,16-17H2,1-3H3/t18-,19-. The summed E-state index contributed by atoms with van der Waals surface area (Å²) in [4.78, 5) is 22.8. The molecule has 33 heavy (non-hydrogen) atoms. The molecule has 0 bridgehead atoms. The van der Waals surface area contributed by atoms with Crippen molar-refractivity contribution >= 4 is 46.6 Å². The molecule has 8 heteroatoms. The Labute approximate surface area is 206 Å². The van der Waals surface area contributed by atoms with Gasteiger partial charge in [-0.3, -0.25) is 4.79 Å². The highest BCUT2D eigenvalue weighted by Crippen LogP contribution is 2.42. The molecular weight excluding hydrogens is 496 g/mol. The van der Waals surface area contributed by atoms with E-state index in [0.717, 1.165) is 65.7 Å². The van der Waals surface area contributed by atoms with Crippen molar-refractivity contribution in [3.63, 3.8) is 0 Å². The lowest BCUT2D eigenvalue weighted by Gasteiger charge is -2.45. The summed E-state index contributed by atoms with van der Waals surface area (Å²) in [6, 6.07) is 4.19. The molecule has 2 saturated carbocycles. The van der Waals surface area contributed by atoms with E-state index in [1.54, 1.807) is 0 Å². The molecule has 3 heterocycles. The molecule has 2 aromatic rings. The molecule has 6 nitrogen and oxygen atoms in total. The molecule has 0 saturated heterocycles. The number of hydrogen-bond acceptors (Lipinski definition) is 4. The molecule has 180 valence electrons. The fourth-order valence-corrected chi connectivity index (χ4v) is 6.67. The zero-order valence-corrected chi connectivity index (χ0v) is 22.8. The molecule has 3 aliphatic rings. The second kappa shape index (κ2) is 9.34. The first-order valence-electron chi connectivity index (χ1n) is 12.5. The Morgan fingerprint density at radius 2 is 1.79 bits per heavy atom. The molecule has 2 aliphatic carbocycles. The SMILES string of the molecule is C[Si](C)(C)CCOCn1ccc2c3c(cnc21)C(=O)N(C1CC1)CN3[C@H]1CC[C@H](CBr)CC1. The van der Waals surface area contributed by atoms with Gasteiger partial charge in [0, 0.05) is 49.9 Å². The summed E-state index contributed by atoms with van der Waals surface area (Å²) in [6.45, 7) is 9.14. The van der Waals surface area contributed by atoms with E-state index in [1.165, 1.54) is 25.7 Å². The van der Waals surface area contributed by atoms with Crippen LogP contribution in [0.25, 0.3) is 11.0 Å². The fraction of sp³-hybridized carbons (Fsp3) is 0.680. The Kier molecular flexibility index (Phi) is 6.61. The van der Waals surface area contributed by atoms with Crippen LogP contribution >= 0.6 is 15.9 Å². The number of alkyl halides is 1. The van der Waals surface area contributed by atoms with Crippen LogP contribution in [0.15, 0.2) is 18.5 Å². The second-order valence-electron chi connectivity index (χ2n) is 11.3. The van der Waals surface area contributed by atoms with Gasteiger partial charge in [0.15, 0.2) is 0 Å². The normalized spacial score (nSPS) is 23.9. The Balaban J connectivity index is 1.44. The lowest BCUT2D eigenvalue weighted by Crippen LogP contribution is -2.52. The summed E-state index contributed by atoms with van der Waals surface area (Å²) in [6.07, 6.45) is 11.0. The van der Waals surface area contributed by atoms with Gasteiger partial charge in [0.2, 0.25) is 0 Å². The van der Waals surface area contributed by atoms with E-state index in [4.69, 9.17) is 9.72 Å². The number of carbonyl (C=O) groups is 1. The Bertz CT molecular complexity index is 1010. The zero-order chi connectivity index (χ0) is 23.2. The van der Waals surface area contributed by atoms with Gasteiger partial charge in [0.05, 0.1) is 17.9 Å². The van der Waals surface area contributed by atoms with Crippen LogP contribution < -0.4 is 4.90 Å². The summed E-state index contributed by atoms with van der Waals surface area (Å²) < 4.78 is 8.11. The minimum atomic E-state index is -1.11. The fourth-order valence-electron chi connectivity index (χ4n) is 5.27. The van der Waals surface area contributed by atoms with Crippen molar-refractivity contribution in [1.29, 1.82) is 0 Å². The minimum Gasteiger partial charge on any atom is -0.361 e. The number of anilines is 1. The first kappa shape index (κ1) is 23.4. The number of rotatable bonds is 8. The van der Waals surface area contributed by atoms with E-state index in [2.05, 4.69) is 62.2 Å². The third-order valence-electron chi connectivity index (χ3n) is 7.53. The van der Waals surface area contributed by atoms with Crippen LogP contribution in [0.1, 0.15) is 48.9 Å². The molecule has 1 aliphatic heterocycles. The number of pyridine rings is 1. The molecule has 2 aromatic heterocycles. The van der Waals surface area contributed by atoms with E-state index >= 15 is 0 Å². The van der Waals surface area contributed by atoms with Gasteiger partial charge < -0.3 is 19.1 Å². The Hall–Kier alpha value is -1.38. The minimum absolute atomic E-state index is 0.159. The van der Waals surface area contributed by atoms with Gasteiger partial charge in [-0.15, -0.1) is 0 Å². The number of halogens is 1. The maximum atomic E-state index is 13.4. The first-order valence-corrected chi connectivity index (χ1v) is 17.4. The molecule has 0 aromatic carbocycles. The van der Waals surface area contributed by atoms with Crippen LogP contribution in [0.2, 0.25) is 25.7 Å². The molecule has 0 unspecified atom stereocenters. The van der Waals surface area contributed by atoms with Gasteiger partial charge in [-0.25, -0.2) is 4.98 Å². The molecule has 0 radical (unpaired) electrons. The molecule has 0 spiro atoms. The summed E-state index contributed by atoms with van der Waals surface area (Å²) >= 11 is 3.68. The zero-order valence-electron chi connectivity index (χ0n) is 20.2. The average Bonchev–Trinajstić information content (AvgIpc) is 3.56. The lowest BCUT2D eigenvalue weighted by molar-refractivity contribution is 0.0719. The Morgan fingerprint density at radius 1 is 1.09 bits per heavy atom. The monoisotopic (exact) mass is 532 g/mol. The third-order valence-corrected chi connectivity index (χ3v) is 10.2. The van der Waals surface area contributed by atoms with Gasteiger partial charge >= 0.3 is 0 Å². The highest BCUT2D eigenvalue weighted by molar-refractivity contribution is 9.09. The van der Waals surface area contributed by atoms with Crippen molar-refractivity contribution in [3.05, 3.63) is 24.0 Å². The number of amides is 1. The van der Waals surface area contributed by atoms with E-state index < -0.39 is 8.07 Å². The van der Waals surface area contributed by atoms with Gasteiger partial charge in [0.25, 0.3) is 5.91 Å². The molecular formula is C25H37BrN4O2Si. The van der Waals surface area contributed by atoms with Gasteiger partial charge in [-0.2, -0.15) is 0 Å². The summed E-state index contributed by atoms with van der Waals surface area (Å²) in [5.41, 5.74) is 2.80. The van der Waals surface area contributed by atoms with Crippen LogP contribution in [-0.4, -0.2) is 59.1 Å². The summed E-state index contributed by atoms with van der Waals surface area (Å²) in [5, 5.41) is 2.19. The van der Waals surface area contributed by atoms with E-state index in [0.29, 0.717) is 18.8 Å². The predicted molar refractivity (Wildman–Crippen MR) is 140 cm³/mol. The van der Waals surface area contributed by atoms with Crippen molar-refractivity contribution in [1.82, 2.24) is 14.5 Å². The number of carbonyl (C=O) groups excluding carboxylic acids is 1. The van der Waals surface area contributed by atoms with Gasteiger partial charge in [-0.1, -0.05) is 35.6 Å². The first-order chi connectivity index (χ1) is 15.9. The molecule has 5 rings (SSSR count). The van der Waals surface area contributed by atoms with Crippen molar-refractivity contribution in [2.75, 3.05) is 23.5 Å². The van der Waals surface area contributed by atoms with Crippen LogP contribution in [0.4, 0.5) is 5.69 Å². The smallest absolute Gasteiger partial charge is 0.259 e. The molecule has 1 amide bonds. The van der Waals surface area contributed by atoms with Gasteiger partial charge in [0.1, 0.15) is 12.4 Å². The third kappa shape index (κ3) is 4.89. The summed E-state index contributed by atoms with van der Waals surface area (Å²) in [7, 11) is -1.11. The number of hydrogen-bond donors (Lipinski definition) is 0. The molecule has 2 fully saturated rings. The molecule has 0 atom stereocenters.